The number of methoxy groups -OCH3 is 2. The van der Waals surface area contributed by atoms with E-state index in [1.807, 2.05) is 42.5 Å². The smallest absolute Gasteiger partial charge is 0.341 e. The van der Waals surface area contributed by atoms with Crippen molar-refractivity contribution in [1.29, 1.82) is 0 Å². The Balaban J connectivity index is 2.32. The molecule has 0 aliphatic rings. The lowest BCUT2D eigenvalue weighted by molar-refractivity contribution is -0.133. The van der Waals surface area contributed by atoms with E-state index in [0.29, 0.717) is 16.7 Å². The molecule has 0 bridgehead atoms. The van der Waals surface area contributed by atoms with Gasteiger partial charge in [-0.3, -0.25) is 0 Å². The maximum absolute atomic E-state index is 11.9. The Labute approximate surface area is 121 Å². The predicted molar refractivity (Wildman–Crippen MR) is 80.7 cm³/mol. The van der Waals surface area contributed by atoms with Crippen molar-refractivity contribution >= 4 is 33.5 Å². The molecule has 0 saturated heterocycles. The van der Waals surface area contributed by atoms with Crippen LogP contribution in [0.5, 0.6) is 0 Å². The third kappa shape index (κ3) is 2.14. The molecule has 0 N–H and O–H groups in total. The molecule has 0 radical (unpaired) electrons. The van der Waals surface area contributed by atoms with Crippen molar-refractivity contribution in [3.63, 3.8) is 0 Å². The van der Waals surface area contributed by atoms with Crippen molar-refractivity contribution in [3.05, 3.63) is 54.3 Å². The number of hydrogen-bond acceptors (Lipinski definition) is 4. The number of ether oxygens (including phenoxy) is 2. The first-order valence-corrected chi connectivity index (χ1v) is 6.48. The number of furan rings is 1. The molecule has 106 valence electrons. The summed E-state index contributed by atoms with van der Waals surface area (Å²) >= 11 is 0. The first-order valence-electron chi connectivity index (χ1n) is 6.48. The number of para-hydroxylation sites is 2. The van der Waals surface area contributed by atoms with E-state index in [9.17, 15) is 4.79 Å². The van der Waals surface area contributed by atoms with Crippen LogP contribution in [0.1, 0.15) is 5.56 Å². The minimum absolute atomic E-state index is 0.324. The zero-order chi connectivity index (χ0) is 14.8. The van der Waals surface area contributed by atoms with Gasteiger partial charge in [0.25, 0.3) is 0 Å². The third-order valence-electron chi connectivity index (χ3n) is 3.34. The van der Waals surface area contributed by atoms with Crippen LogP contribution in [-0.4, -0.2) is 20.2 Å². The fourth-order valence-electron chi connectivity index (χ4n) is 2.41. The fourth-order valence-corrected chi connectivity index (χ4v) is 2.41. The first-order chi connectivity index (χ1) is 10.3. The van der Waals surface area contributed by atoms with Gasteiger partial charge < -0.3 is 13.9 Å². The molecular formula is C17H14O4. The van der Waals surface area contributed by atoms with E-state index in [1.54, 1.807) is 0 Å². The average molecular weight is 282 g/mol. The second kappa shape index (κ2) is 5.32. The molecule has 0 unspecified atom stereocenters. The van der Waals surface area contributed by atoms with E-state index in [1.165, 1.54) is 20.5 Å². The summed E-state index contributed by atoms with van der Waals surface area (Å²) in [4.78, 5) is 11.9. The topological polar surface area (TPSA) is 48.7 Å². The molecule has 0 aliphatic carbocycles. The Hall–Kier alpha value is -2.75. The van der Waals surface area contributed by atoms with E-state index in [2.05, 4.69) is 0 Å². The molecule has 0 fully saturated rings. The Morgan fingerprint density at radius 1 is 1.05 bits per heavy atom. The van der Waals surface area contributed by atoms with Crippen LogP contribution in [0.2, 0.25) is 0 Å². The minimum Gasteiger partial charge on any atom is -0.503 e. The van der Waals surface area contributed by atoms with Crippen LogP contribution in [-0.2, 0) is 14.3 Å². The summed E-state index contributed by atoms with van der Waals surface area (Å²) < 4.78 is 15.7. The minimum atomic E-state index is -0.468. The first kappa shape index (κ1) is 13.2. The summed E-state index contributed by atoms with van der Waals surface area (Å²) in [5, 5.41) is 1.96. The van der Waals surface area contributed by atoms with Crippen molar-refractivity contribution in [1.82, 2.24) is 0 Å². The number of rotatable bonds is 3. The lowest BCUT2D eigenvalue weighted by Crippen LogP contribution is -2.04. The molecule has 0 aliphatic heterocycles. The van der Waals surface area contributed by atoms with Gasteiger partial charge in [0.1, 0.15) is 16.7 Å². The molecule has 4 nitrogen and oxygen atoms in total. The zero-order valence-corrected chi connectivity index (χ0v) is 11.8. The van der Waals surface area contributed by atoms with Gasteiger partial charge in [-0.05, 0) is 6.07 Å². The van der Waals surface area contributed by atoms with Crippen LogP contribution in [0.3, 0.4) is 0 Å². The van der Waals surface area contributed by atoms with Crippen molar-refractivity contribution in [2.75, 3.05) is 14.2 Å². The molecule has 1 heterocycles. The number of benzene rings is 2. The van der Waals surface area contributed by atoms with E-state index >= 15 is 0 Å². The second-order valence-corrected chi connectivity index (χ2v) is 4.54. The lowest BCUT2D eigenvalue weighted by Gasteiger charge is -2.05. The summed E-state index contributed by atoms with van der Waals surface area (Å²) in [5.74, 6) is -0.468. The van der Waals surface area contributed by atoms with Crippen LogP contribution in [0.4, 0.5) is 0 Å². The Morgan fingerprint density at radius 2 is 1.81 bits per heavy atom. The number of carbonyl (C=O) groups excluding carboxylic acids is 1. The summed E-state index contributed by atoms with van der Waals surface area (Å²) in [6.07, 6.45) is 1.37. The summed E-state index contributed by atoms with van der Waals surface area (Å²) in [6, 6.07) is 13.4. The van der Waals surface area contributed by atoms with Crippen molar-refractivity contribution in [2.45, 2.75) is 0 Å². The summed E-state index contributed by atoms with van der Waals surface area (Å²) in [7, 11) is 2.83. The average Bonchev–Trinajstić information content (AvgIpc) is 2.91. The molecule has 3 rings (SSSR count). The molecule has 21 heavy (non-hydrogen) atoms. The monoisotopic (exact) mass is 282 g/mol. The largest absolute Gasteiger partial charge is 0.503 e. The molecule has 0 amide bonds. The van der Waals surface area contributed by atoms with Crippen LogP contribution < -0.4 is 0 Å². The van der Waals surface area contributed by atoms with Gasteiger partial charge in [0.15, 0.2) is 0 Å². The van der Waals surface area contributed by atoms with Gasteiger partial charge in [0.2, 0.25) is 0 Å². The molecule has 3 aromatic rings. The van der Waals surface area contributed by atoms with E-state index in [-0.39, 0.29) is 0 Å². The van der Waals surface area contributed by atoms with Gasteiger partial charge >= 0.3 is 5.97 Å². The third-order valence-corrected chi connectivity index (χ3v) is 3.34. The fraction of sp³-hybridized carbons (Fsp3) is 0.118. The molecular weight excluding hydrogens is 268 g/mol. The Bertz CT molecular complexity index is 842. The quantitative estimate of drug-likeness (QED) is 0.417. The Kier molecular flexibility index (Phi) is 3.36. The highest BCUT2D eigenvalue weighted by Gasteiger charge is 2.19. The molecule has 2 aromatic carbocycles. The SMILES string of the molecule is CO/C=C(\C(=O)OC)c1cccc2c1oc1ccccc12. The zero-order valence-electron chi connectivity index (χ0n) is 11.8. The maximum Gasteiger partial charge on any atom is 0.341 e. The van der Waals surface area contributed by atoms with Crippen LogP contribution >= 0.6 is 0 Å². The van der Waals surface area contributed by atoms with Gasteiger partial charge in [-0.25, -0.2) is 4.79 Å². The van der Waals surface area contributed by atoms with Crippen LogP contribution in [0.15, 0.2) is 53.1 Å². The summed E-state index contributed by atoms with van der Waals surface area (Å²) in [6.45, 7) is 0. The number of esters is 1. The van der Waals surface area contributed by atoms with Gasteiger partial charge in [0, 0.05) is 16.3 Å². The second-order valence-electron chi connectivity index (χ2n) is 4.54. The van der Waals surface area contributed by atoms with E-state index < -0.39 is 5.97 Å². The van der Waals surface area contributed by atoms with Gasteiger partial charge in [-0.15, -0.1) is 0 Å². The Morgan fingerprint density at radius 3 is 2.57 bits per heavy atom. The number of hydrogen-bond donors (Lipinski definition) is 0. The van der Waals surface area contributed by atoms with Gasteiger partial charge in [-0.1, -0.05) is 36.4 Å². The molecule has 0 spiro atoms. The molecule has 4 heteroatoms. The highest BCUT2D eigenvalue weighted by atomic mass is 16.5. The van der Waals surface area contributed by atoms with Crippen LogP contribution in [0, 0.1) is 0 Å². The van der Waals surface area contributed by atoms with Gasteiger partial charge in [-0.2, -0.15) is 0 Å². The number of carbonyl (C=O) groups is 1. The molecule has 1 aromatic heterocycles. The van der Waals surface area contributed by atoms with Crippen molar-refractivity contribution in [2.24, 2.45) is 0 Å². The van der Waals surface area contributed by atoms with Crippen LogP contribution in [0.25, 0.3) is 27.5 Å². The van der Waals surface area contributed by atoms with E-state index in [0.717, 1.165) is 16.4 Å². The lowest BCUT2D eigenvalue weighted by atomic mass is 10.0. The van der Waals surface area contributed by atoms with Crippen molar-refractivity contribution < 1.29 is 18.7 Å². The summed E-state index contributed by atoms with van der Waals surface area (Å²) in [5.41, 5.74) is 2.40. The standard InChI is InChI=1S/C17H14O4/c1-19-10-14(17(18)20-2)13-8-5-7-12-11-6-3-4-9-15(11)21-16(12)13/h3-10H,1-2H3/b14-10-. The number of fused-ring (bicyclic) bond motifs is 3. The highest BCUT2D eigenvalue weighted by Crippen LogP contribution is 2.33. The van der Waals surface area contributed by atoms with Crippen molar-refractivity contribution in [3.8, 4) is 0 Å². The molecule has 0 saturated carbocycles. The van der Waals surface area contributed by atoms with Gasteiger partial charge in [0.05, 0.1) is 20.5 Å². The normalized spacial score (nSPS) is 11.8. The maximum atomic E-state index is 11.9. The highest BCUT2D eigenvalue weighted by molar-refractivity contribution is 6.21. The van der Waals surface area contributed by atoms with E-state index in [4.69, 9.17) is 13.9 Å². The predicted octanol–water partition coefficient (Wildman–Crippen LogP) is 3.75. The molecule has 0 atom stereocenters.